The third-order valence-electron chi connectivity index (χ3n) is 3.06. The normalized spacial score (nSPS) is 17.6. The number of aliphatic hydroxyl groups is 1. The number of imidazole rings is 1. The Morgan fingerprint density at radius 1 is 1.44 bits per heavy atom. The van der Waals surface area contributed by atoms with Crippen molar-refractivity contribution in [2.45, 2.75) is 25.0 Å². The lowest BCUT2D eigenvalue weighted by molar-refractivity contribution is 0.199. The number of hydrogen-bond donors (Lipinski definition) is 1. The molecule has 2 aromatic rings. The topological polar surface area (TPSA) is 55.9 Å². The average Bonchev–Trinajstić information content (AvgIpc) is 2.85. The molecule has 0 aliphatic heterocycles. The van der Waals surface area contributed by atoms with Crippen molar-refractivity contribution >= 4 is 0 Å². The van der Waals surface area contributed by atoms with Crippen LogP contribution in [0.25, 0.3) is 0 Å². The second-order valence-corrected chi connectivity index (χ2v) is 4.24. The molecule has 0 aromatic carbocycles. The molecule has 5 nitrogen and oxygen atoms in total. The fraction of sp³-hybridized carbons (Fsp3) is 0.455. The monoisotopic (exact) mass is 218 g/mol. The van der Waals surface area contributed by atoms with Crippen LogP contribution in [0.4, 0.5) is 0 Å². The Morgan fingerprint density at radius 2 is 2.25 bits per heavy atom. The van der Waals surface area contributed by atoms with Crippen LogP contribution in [0.5, 0.6) is 0 Å². The third kappa shape index (κ3) is 1.44. The van der Waals surface area contributed by atoms with Crippen molar-refractivity contribution in [1.82, 2.24) is 19.3 Å². The maximum atomic E-state index is 10.3. The minimum atomic E-state index is -0.643. The molecule has 2 heterocycles. The minimum absolute atomic E-state index is 0.528. The number of rotatable bonds is 3. The van der Waals surface area contributed by atoms with E-state index < -0.39 is 6.10 Å². The van der Waals surface area contributed by atoms with Crippen molar-refractivity contribution in [2.75, 3.05) is 0 Å². The van der Waals surface area contributed by atoms with Crippen LogP contribution in [0.2, 0.25) is 0 Å². The molecule has 1 N–H and O–H groups in total. The molecule has 1 atom stereocenters. The molecule has 2 aromatic heterocycles. The molecule has 1 aliphatic carbocycles. The highest BCUT2D eigenvalue weighted by atomic mass is 16.3. The maximum absolute atomic E-state index is 10.3. The zero-order valence-electron chi connectivity index (χ0n) is 9.11. The van der Waals surface area contributed by atoms with Crippen molar-refractivity contribution in [3.63, 3.8) is 0 Å². The first kappa shape index (κ1) is 9.59. The standard InChI is InChI=1S/C11H14N4O/c1-14-9(4-5-13-14)11(16)10-6-12-7-15(10)8-2-3-8/h4-8,11,16H,2-3H2,1H3. The largest absolute Gasteiger partial charge is 0.380 e. The van der Waals surface area contributed by atoms with E-state index in [1.165, 1.54) is 12.8 Å². The van der Waals surface area contributed by atoms with Gasteiger partial charge >= 0.3 is 0 Å². The summed E-state index contributed by atoms with van der Waals surface area (Å²) < 4.78 is 3.76. The van der Waals surface area contributed by atoms with Gasteiger partial charge in [0.05, 0.1) is 23.9 Å². The highest BCUT2D eigenvalue weighted by Crippen LogP contribution is 2.37. The molecule has 0 saturated heterocycles. The molecular formula is C11H14N4O. The first-order valence-electron chi connectivity index (χ1n) is 5.45. The Balaban J connectivity index is 1.97. The molecule has 1 aliphatic rings. The molecule has 1 saturated carbocycles. The SMILES string of the molecule is Cn1nccc1C(O)c1cncn1C1CC1. The Bertz CT molecular complexity index is 498. The lowest BCUT2D eigenvalue weighted by atomic mass is 10.2. The van der Waals surface area contributed by atoms with Crippen molar-refractivity contribution in [1.29, 1.82) is 0 Å². The van der Waals surface area contributed by atoms with Crippen LogP contribution < -0.4 is 0 Å². The quantitative estimate of drug-likeness (QED) is 0.837. The van der Waals surface area contributed by atoms with Gasteiger partial charge in [-0.1, -0.05) is 0 Å². The van der Waals surface area contributed by atoms with E-state index >= 15 is 0 Å². The maximum Gasteiger partial charge on any atom is 0.137 e. The van der Waals surface area contributed by atoms with Gasteiger partial charge in [-0.2, -0.15) is 5.10 Å². The van der Waals surface area contributed by atoms with Gasteiger partial charge in [-0.05, 0) is 18.9 Å². The molecule has 3 rings (SSSR count). The number of hydrogen-bond acceptors (Lipinski definition) is 3. The molecule has 84 valence electrons. The summed E-state index contributed by atoms with van der Waals surface area (Å²) in [6.07, 6.45) is 6.94. The van der Waals surface area contributed by atoms with E-state index in [4.69, 9.17) is 0 Å². The summed E-state index contributed by atoms with van der Waals surface area (Å²) in [4.78, 5) is 4.12. The molecule has 5 heteroatoms. The van der Waals surface area contributed by atoms with Gasteiger partial charge < -0.3 is 9.67 Å². The zero-order chi connectivity index (χ0) is 11.1. The molecular weight excluding hydrogens is 204 g/mol. The van der Waals surface area contributed by atoms with Gasteiger partial charge in [0, 0.05) is 19.3 Å². The van der Waals surface area contributed by atoms with Crippen molar-refractivity contribution in [2.24, 2.45) is 7.05 Å². The van der Waals surface area contributed by atoms with Crippen LogP contribution in [0, 0.1) is 0 Å². The van der Waals surface area contributed by atoms with Gasteiger partial charge in [-0.25, -0.2) is 4.98 Å². The van der Waals surface area contributed by atoms with Gasteiger partial charge in [0.2, 0.25) is 0 Å². The van der Waals surface area contributed by atoms with Crippen LogP contribution >= 0.6 is 0 Å². The highest BCUT2D eigenvalue weighted by Gasteiger charge is 2.28. The summed E-state index contributed by atoms with van der Waals surface area (Å²) in [5.74, 6) is 0. The number of aromatic nitrogens is 4. The molecule has 1 unspecified atom stereocenters. The Morgan fingerprint density at radius 3 is 2.88 bits per heavy atom. The molecule has 1 fully saturated rings. The van der Waals surface area contributed by atoms with Crippen LogP contribution in [0.15, 0.2) is 24.8 Å². The lowest BCUT2D eigenvalue weighted by Gasteiger charge is -2.13. The van der Waals surface area contributed by atoms with E-state index in [2.05, 4.69) is 14.6 Å². The van der Waals surface area contributed by atoms with Crippen molar-refractivity contribution in [3.05, 3.63) is 36.2 Å². The summed E-state index contributed by atoms with van der Waals surface area (Å²) in [5.41, 5.74) is 1.65. The molecule has 0 spiro atoms. The fourth-order valence-electron chi connectivity index (χ4n) is 1.99. The third-order valence-corrected chi connectivity index (χ3v) is 3.06. The Labute approximate surface area is 93.3 Å². The van der Waals surface area contributed by atoms with Crippen LogP contribution in [-0.2, 0) is 7.05 Å². The summed E-state index contributed by atoms with van der Waals surface area (Å²) >= 11 is 0. The van der Waals surface area contributed by atoms with Gasteiger partial charge in [-0.3, -0.25) is 4.68 Å². The van der Waals surface area contributed by atoms with E-state index in [1.807, 2.05) is 13.1 Å². The smallest absolute Gasteiger partial charge is 0.137 e. The van der Waals surface area contributed by atoms with Gasteiger partial charge in [-0.15, -0.1) is 0 Å². The zero-order valence-corrected chi connectivity index (χ0v) is 9.11. The number of aliphatic hydroxyl groups excluding tert-OH is 1. The van der Waals surface area contributed by atoms with Crippen LogP contribution in [0.1, 0.15) is 36.4 Å². The predicted molar refractivity (Wildman–Crippen MR) is 57.8 cm³/mol. The van der Waals surface area contributed by atoms with Crippen molar-refractivity contribution in [3.8, 4) is 0 Å². The van der Waals surface area contributed by atoms with Crippen LogP contribution in [-0.4, -0.2) is 24.4 Å². The molecule has 16 heavy (non-hydrogen) atoms. The fourth-order valence-corrected chi connectivity index (χ4v) is 1.99. The highest BCUT2D eigenvalue weighted by molar-refractivity contribution is 5.19. The van der Waals surface area contributed by atoms with E-state index in [1.54, 1.807) is 23.4 Å². The van der Waals surface area contributed by atoms with E-state index in [9.17, 15) is 5.11 Å². The Kier molecular flexibility index (Phi) is 2.07. The molecule has 0 radical (unpaired) electrons. The number of nitrogens with zero attached hydrogens (tertiary/aromatic N) is 4. The van der Waals surface area contributed by atoms with E-state index in [-0.39, 0.29) is 0 Å². The average molecular weight is 218 g/mol. The minimum Gasteiger partial charge on any atom is -0.380 e. The number of aryl methyl sites for hydroxylation is 1. The second-order valence-electron chi connectivity index (χ2n) is 4.24. The van der Waals surface area contributed by atoms with Gasteiger partial charge in [0.25, 0.3) is 0 Å². The summed E-state index contributed by atoms with van der Waals surface area (Å²) in [6.45, 7) is 0. The first-order valence-corrected chi connectivity index (χ1v) is 5.45. The van der Waals surface area contributed by atoms with Gasteiger partial charge in [0.1, 0.15) is 6.10 Å². The Hall–Kier alpha value is -1.62. The summed E-state index contributed by atoms with van der Waals surface area (Å²) in [7, 11) is 1.83. The predicted octanol–water partition coefficient (Wildman–Crippen LogP) is 1.03. The van der Waals surface area contributed by atoms with E-state index in [0.717, 1.165) is 11.4 Å². The first-order chi connectivity index (χ1) is 7.77. The van der Waals surface area contributed by atoms with Crippen molar-refractivity contribution < 1.29 is 5.11 Å². The summed E-state index contributed by atoms with van der Waals surface area (Å²) in [6, 6.07) is 2.36. The van der Waals surface area contributed by atoms with E-state index in [0.29, 0.717) is 6.04 Å². The second kappa shape index (κ2) is 3.45. The molecule has 0 bridgehead atoms. The summed E-state index contributed by atoms with van der Waals surface area (Å²) in [5, 5.41) is 14.4. The molecule has 0 amide bonds. The lowest BCUT2D eigenvalue weighted by Crippen LogP contribution is -2.11. The van der Waals surface area contributed by atoms with Crippen LogP contribution in [0.3, 0.4) is 0 Å². The van der Waals surface area contributed by atoms with Gasteiger partial charge in [0.15, 0.2) is 0 Å².